The smallest absolute Gasteiger partial charge is 0.306 e. The normalized spacial score (nSPS) is 22.0. The molecule has 1 saturated heterocycles. The third-order valence-electron chi connectivity index (χ3n) is 4.75. The first-order valence-electron chi connectivity index (χ1n) is 8.16. The van der Waals surface area contributed by atoms with Gasteiger partial charge in [-0.1, -0.05) is 51.1 Å². The van der Waals surface area contributed by atoms with E-state index in [1.54, 1.807) is 0 Å². The van der Waals surface area contributed by atoms with Crippen molar-refractivity contribution in [1.82, 2.24) is 4.90 Å². The van der Waals surface area contributed by atoms with E-state index in [0.717, 1.165) is 38.0 Å². The number of carbonyl (C=O) groups excluding carboxylic acids is 1. The highest BCUT2D eigenvalue weighted by molar-refractivity contribution is 5.69. The summed E-state index contributed by atoms with van der Waals surface area (Å²) >= 11 is 0. The molecule has 1 aromatic carbocycles. The molecule has 0 aromatic heterocycles. The third kappa shape index (κ3) is 3.29. The van der Waals surface area contributed by atoms with Crippen molar-refractivity contribution < 1.29 is 9.53 Å². The van der Waals surface area contributed by atoms with Crippen molar-refractivity contribution in [2.45, 2.75) is 45.6 Å². The molecule has 2 rings (SSSR count). The predicted octanol–water partition coefficient (Wildman–Crippen LogP) is 3.59. The molecule has 0 bridgehead atoms. The number of nitrogens with zero attached hydrogens (tertiary/aromatic N) is 1. The fourth-order valence-electron chi connectivity index (χ4n) is 3.44. The van der Waals surface area contributed by atoms with Gasteiger partial charge in [0, 0.05) is 18.9 Å². The van der Waals surface area contributed by atoms with E-state index in [9.17, 15) is 4.79 Å². The lowest BCUT2D eigenvalue weighted by Gasteiger charge is -2.38. The quantitative estimate of drug-likeness (QED) is 0.750. The van der Waals surface area contributed by atoms with E-state index in [-0.39, 0.29) is 5.97 Å². The summed E-state index contributed by atoms with van der Waals surface area (Å²) in [7, 11) is 0. The fourth-order valence-corrected chi connectivity index (χ4v) is 3.44. The standard InChI is InChI=1S/C18H27NO2/c1-4-17(20)21-18(5-2,15-10-8-7-9-11-15)16-12-13-19(6-3)14-16/h7-11,16H,4-6,12-14H2,1-3H3/t16-,18-/m0/s1. The zero-order valence-electron chi connectivity index (χ0n) is 13.5. The van der Waals surface area contributed by atoms with E-state index in [0.29, 0.717) is 12.3 Å². The van der Waals surface area contributed by atoms with Crippen molar-refractivity contribution in [3.63, 3.8) is 0 Å². The minimum Gasteiger partial charge on any atom is -0.454 e. The lowest BCUT2D eigenvalue weighted by atomic mass is 9.78. The SMILES string of the molecule is CCC(=O)O[C@@](CC)(c1ccccc1)[C@H]1CCN(CC)C1. The van der Waals surface area contributed by atoms with Gasteiger partial charge in [0.2, 0.25) is 0 Å². The number of hydrogen-bond donors (Lipinski definition) is 0. The summed E-state index contributed by atoms with van der Waals surface area (Å²) in [4.78, 5) is 14.5. The topological polar surface area (TPSA) is 29.5 Å². The second-order valence-electron chi connectivity index (χ2n) is 5.82. The molecule has 1 aliphatic heterocycles. The number of benzene rings is 1. The largest absolute Gasteiger partial charge is 0.454 e. The van der Waals surface area contributed by atoms with Crippen molar-refractivity contribution in [2.75, 3.05) is 19.6 Å². The van der Waals surface area contributed by atoms with Crippen molar-refractivity contribution in [1.29, 1.82) is 0 Å². The highest BCUT2D eigenvalue weighted by Gasteiger charge is 2.45. The Balaban J connectivity index is 2.35. The van der Waals surface area contributed by atoms with Crippen molar-refractivity contribution in [2.24, 2.45) is 5.92 Å². The van der Waals surface area contributed by atoms with Crippen LogP contribution in [0.3, 0.4) is 0 Å². The zero-order chi connectivity index (χ0) is 15.3. The Labute approximate surface area is 128 Å². The van der Waals surface area contributed by atoms with Crippen LogP contribution in [-0.2, 0) is 15.1 Å². The molecule has 0 spiro atoms. The van der Waals surface area contributed by atoms with Crippen LogP contribution in [0.25, 0.3) is 0 Å². The molecule has 3 heteroatoms. The second kappa shape index (κ2) is 7.08. The molecule has 0 saturated carbocycles. The maximum atomic E-state index is 12.0. The minimum absolute atomic E-state index is 0.101. The Kier molecular flexibility index (Phi) is 5.40. The van der Waals surface area contributed by atoms with Gasteiger partial charge in [-0.15, -0.1) is 0 Å². The number of carbonyl (C=O) groups is 1. The van der Waals surface area contributed by atoms with Gasteiger partial charge >= 0.3 is 5.97 Å². The van der Waals surface area contributed by atoms with Gasteiger partial charge < -0.3 is 9.64 Å². The van der Waals surface area contributed by atoms with Crippen molar-refractivity contribution in [3.05, 3.63) is 35.9 Å². The van der Waals surface area contributed by atoms with Gasteiger partial charge in [-0.05, 0) is 31.5 Å². The van der Waals surface area contributed by atoms with Crippen LogP contribution in [0, 0.1) is 5.92 Å². The Morgan fingerprint density at radius 3 is 2.52 bits per heavy atom. The van der Waals surface area contributed by atoms with Crippen LogP contribution in [-0.4, -0.2) is 30.5 Å². The van der Waals surface area contributed by atoms with Crippen LogP contribution in [0.5, 0.6) is 0 Å². The van der Waals surface area contributed by atoms with Crippen LogP contribution < -0.4 is 0 Å². The minimum atomic E-state index is -0.474. The molecule has 2 atom stereocenters. The summed E-state index contributed by atoms with van der Waals surface area (Å²) in [6.45, 7) is 9.35. The van der Waals surface area contributed by atoms with E-state index < -0.39 is 5.60 Å². The molecule has 1 fully saturated rings. The molecular weight excluding hydrogens is 262 g/mol. The summed E-state index contributed by atoms with van der Waals surface area (Å²) in [6, 6.07) is 10.3. The van der Waals surface area contributed by atoms with E-state index in [2.05, 4.69) is 30.9 Å². The Hall–Kier alpha value is -1.35. The predicted molar refractivity (Wildman–Crippen MR) is 85.0 cm³/mol. The van der Waals surface area contributed by atoms with Gasteiger partial charge in [-0.3, -0.25) is 4.79 Å². The molecule has 0 aliphatic carbocycles. The lowest BCUT2D eigenvalue weighted by Crippen LogP contribution is -2.41. The molecule has 1 heterocycles. The monoisotopic (exact) mass is 289 g/mol. The summed E-state index contributed by atoms with van der Waals surface area (Å²) < 4.78 is 6.03. The zero-order valence-corrected chi connectivity index (χ0v) is 13.5. The van der Waals surface area contributed by atoms with Crippen LogP contribution in [0.4, 0.5) is 0 Å². The lowest BCUT2D eigenvalue weighted by molar-refractivity contribution is -0.168. The summed E-state index contributed by atoms with van der Waals surface area (Å²) in [6.07, 6.45) is 2.34. The average Bonchev–Trinajstić information content (AvgIpc) is 3.02. The summed E-state index contributed by atoms with van der Waals surface area (Å²) in [5.41, 5.74) is 0.662. The van der Waals surface area contributed by atoms with Crippen LogP contribution in [0.15, 0.2) is 30.3 Å². The Morgan fingerprint density at radius 2 is 2.00 bits per heavy atom. The van der Waals surface area contributed by atoms with Crippen LogP contribution in [0.1, 0.15) is 45.6 Å². The van der Waals surface area contributed by atoms with Crippen LogP contribution >= 0.6 is 0 Å². The van der Waals surface area contributed by atoms with Crippen molar-refractivity contribution >= 4 is 5.97 Å². The van der Waals surface area contributed by atoms with E-state index in [4.69, 9.17) is 4.74 Å². The number of rotatable bonds is 6. The molecule has 116 valence electrons. The van der Waals surface area contributed by atoms with Crippen LogP contribution in [0.2, 0.25) is 0 Å². The number of esters is 1. The first kappa shape index (κ1) is 16.0. The Bertz CT molecular complexity index is 460. The van der Waals surface area contributed by atoms with Gasteiger partial charge in [0.1, 0.15) is 5.60 Å². The highest BCUT2D eigenvalue weighted by atomic mass is 16.6. The van der Waals surface area contributed by atoms with Gasteiger partial charge in [0.15, 0.2) is 0 Å². The van der Waals surface area contributed by atoms with Gasteiger partial charge in [-0.2, -0.15) is 0 Å². The molecule has 0 unspecified atom stereocenters. The highest BCUT2D eigenvalue weighted by Crippen LogP contribution is 2.42. The van der Waals surface area contributed by atoms with Gasteiger partial charge in [0.05, 0.1) is 0 Å². The number of likely N-dealkylation sites (tertiary alicyclic amines) is 1. The molecular formula is C18H27NO2. The first-order valence-corrected chi connectivity index (χ1v) is 8.16. The second-order valence-corrected chi connectivity index (χ2v) is 5.82. The molecule has 21 heavy (non-hydrogen) atoms. The molecule has 0 N–H and O–H groups in total. The number of hydrogen-bond acceptors (Lipinski definition) is 3. The fraction of sp³-hybridized carbons (Fsp3) is 0.611. The third-order valence-corrected chi connectivity index (χ3v) is 4.75. The van der Waals surface area contributed by atoms with E-state index in [1.807, 2.05) is 25.1 Å². The molecule has 1 aromatic rings. The van der Waals surface area contributed by atoms with E-state index in [1.165, 1.54) is 0 Å². The summed E-state index contributed by atoms with van der Waals surface area (Å²) in [5.74, 6) is 0.274. The average molecular weight is 289 g/mol. The summed E-state index contributed by atoms with van der Waals surface area (Å²) in [5, 5.41) is 0. The van der Waals surface area contributed by atoms with Crippen molar-refractivity contribution in [3.8, 4) is 0 Å². The molecule has 0 amide bonds. The Morgan fingerprint density at radius 1 is 1.29 bits per heavy atom. The molecule has 0 radical (unpaired) electrons. The van der Waals surface area contributed by atoms with E-state index >= 15 is 0 Å². The van der Waals surface area contributed by atoms with Gasteiger partial charge in [-0.25, -0.2) is 0 Å². The molecule has 3 nitrogen and oxygen atoms in total. The van der Waals surface area contributed by atoms with Gasteiger partial charge in [0.25, 0.3) is 0 Å². The maximum Gasteiger partial charge on any atom is 0.306 e. The maximum absolute atomic E-state index is 12.0. The first-order chi connectivity index (χ1) is 10.2. The number of ether oxygens (including phenoxy) is 1. The molecule has 1 aliphatic rings.